The first kappa shape index (κ1) is 21.4. The molecule has 33 heavy (non-hydrogen) atoms. The molecular weight excluding hydrogens is 438 g/mol. The highest BCUT2D eigenvalue weighted by Crippen LogP contribution is 2.45. The van der Waals surface area contributed by atoms with Crippen LogP contribution in [0.1, 0.15) is 66.1 Å². The molecule has 2 aromatic carbocycles. The molecule has 3 aromatic rings. The van der Waals surface area contributed by atoms with Crippen LogP contribution in [0.15, 0.2) is 54.6 Å². The lowest BCUT2D eigenvalue weighted by Gasteiger charge is -2.41. The van der Waals surface area contributed by atoms with Crippen molar-refractivity contribution in [2.24, 2.45) is 0 Å². The van der Waals surface area contributed by atoms with Crippen molar-refractivity contribution >= 4 is 34.1 Å². The highest BCUT2D eigenvalue weighted by Gasteiger charge is 2.42. The molecule has 0 fully saturated rings. The second kappa shape index (κ2) is 8.13. The molecule has 2 aliphatic rings. The van der Waals surface area contributed by atoms with Gasteiger partial charge in [-0.25, -0.2) is 4.79 Å². The van der Waals surface area contributed by atoms with E-state index < -0.39 is 5.97 Å². The molecule has 2 atom stereocenters. The van der Waals surface area contributed by atoms with Gasteiger partial charge in [-0.05, 0) is 36.6 Å². The van der Waals surface area contributed by atoms with Gasteiger partial charge in [-0.15, -0.1) is 11.3 Å². The number of hydrogen-bond donors (Lipinski definition) is 2. The van der Waals surface area contributed by atoms with Gasteiger partial charge in [-0.1, -0.05) is 42.5 Å². The summed E-state index contributed by atoms with van der Waals surface area (Å²) >= 11 is 1.25. The summed E-state index contributed by atoms with van der Waals surface area (Å²) in [5.74, 6) is -1.69. The van der Waals surface area contributed by atoms with E-state index in [2.05, 4.69) is 11.8 Å². The van der Waals surface area contributed by atoms with Crippen LogP contribution in [0.5, 0.6) is 0 Å². The summed E-state index contributed by atoms with van der Waals surface area (Å²) in [6.45, 7) is 2.81. The summed E-state index contributed by atoms with van der Waals surface area (Å²) in [6, 6.07) is 16.5. The van der Waals surface area contributed by atoms with Crippen molar-refractivity contribution in [2.75, 3.05) is 18.8 Å². The molecule has 0 radical (unpaired) electrons. The van der Waals surface area contributed by atoms with Crippen LogP contribution < -0.4 is 5.73 Å². The molecule has 0 saturated carbocycles. The second-order valence-electron chi connectivity index (χ2n) is 8.35. The van der Waals surface area contributed by atoms with Crippen LogP contribution in [0.2, 0.25) is 0 Å². The van der Waals surface area contributed by atoms with E-state index in [1.54, 1.807) is 24.3 Å². The monoisotopic (exact) mass is 461 g/mol. The predicted molar refractivity (Wildman–Crippen MR) is 126 cm³/mol. The highest BCUT2D eigenvalue weighted by molar-refractivity contribution is 7.16. The number of imide groups is 1. The molecule has 0 spiro atoms. The first-order valence-corrected chi connectivity index (χ1v) is 11.6. The summed E-state index contributed by atoms with van der Waals surface area (Å²) in [5.41, 5.74) is 8.89. The van der Waals surface area contributed by atoms with Crippen LogP contribution in [0.25, 0.3) is 0 Å². The molecule has 5 rings (SSSR count). The summed E-state index contributed by atoms with van der Waals surface area (Å²) in [4.78, 5) is 42.4. The van der Waals surface area contributed by atoms with Gasteiger partial charge in [0.1, 0.15) is 5.00 Å². The van der Waals surface area contributed by atoms with Gasteiger partial charge >= 0.3 is 5.97 Å². The van der Waals surface area contributed by atoms with Gasteiger partial charge in [0, 0.05) is 24.0 Å². The summed E-state index contributed by atoms with van der Waals surface area (Å²) in [5, 5.41) is 9.99. The van der Waals surface area contributed by atoms with E-state index in [0.717, 1.165) is 10.4 Å². The molecular formula is C25H23N3O4S. The molecule has 7 nitrogen and oxygen atoms in total. The Morgan fingerprint density at radius 1 is 1.09 bits per heavy atom. The van der Waals surface area contributed by atoms with Crippen molar-refractivity contribution < 1.29 is 19.5 Å². The van der Waals surface area contributed by atoms with E-state index in [1.807, 2.05) is 30.3 Å². The van der Waals surface area contributed by atoms with Crippen LogP contribution in [0.4, 0.5) is 5.00 Å². The molecule has 3 heterocycles. The standard InChI is InChI=1S/C25H23N3O4S/c1-14(15-7-3-2-4-8-15)27-12-11-18-20(25(31)32)22(26)33-21(18)19(27)13-28-23(29)16-9-5-6-10-17(16)24(28)30/h2-10,14,19H,11-13,26H2,1H3,(H,31,32)/t14-,19?/m0/s1. The quantitative estimate of drug-likeness (QED) is 0.557. The van der Waals surface area contributed by atoms with E-state index in [1.165, 1.54) is 16.2 Å². The maximum atomic E-state index is 13.1. The zero-order valence-corrected chi connectivity index (χ0v) is 18.8. The molecule has 8 heteroatoms. The van der Waals surface area contributed by atoms with E-state index >= 15 is 0 Å². The number of carbonyl (C=O) groups is 3. The Morgan fingerprint density at radius 3 is 2.30 bits per heavy atom. The number of hydrogen-bond acceptors (Lipinski definition) is 6. The van der Waals surface area contributed by atoms with Crippen molar-refractivity contribution in [3.63, 3.8) is 0 Å². The number of rotatable bonds is 5. The Hall–Kier alpha value is -3.49. The molecule has 0 saturated heterocycles. The van der Waals surface area contributed by atoms with Gasteiger partial charge in [0.25, 0.3) is 11.8 Å². The summed E-state index contributed by atoms with van der Waals surface area (Å²) in [6.07, 6.45) is 0.542. The number of fused-ring (bicyclic) bond motifs is 2. The zero-order chi connectivity index (χ0) is 23.3. The Kier molecular flexibility index (Phi) is 5.26. The van der Waals surface area contributed by atoms with Crippen LogP contribution in [0.3, 0.4) is 0 Å². The van der Waals surface area contributed by atoms with E-state index in [-0.39, 0.29) is 41.0 Å². The van der Waals surface area contributed by atoms with Crippen LogP contribution in [-0.2, 0) is 6.42 Å². The minimum absolute atomic E-state index is 0.00358. The molecule has 0 bridgehead atoms. The minimum Gasteiger partial charge on any atom is -0.478 e. The minimum atomic E-state index is -1.05. The van der Waals surface area contributed by atoms with Crippen LogP contribution in [0, 0.1) is 0 Å². The largest absolute Gasteiger partial charge is 0.478 e. The van der Waals surface area contributed by atoms with Crippen molar-refractivity contribution in [3.05, 3.63) is 87.3 Å². The zero-order valence-electron chi connectivity index (χ0n) is 18.0. The maximum absolute atomic E-state index is 13.1. The number of anilines is 1. The Bertz CT molecular complexity index is 1230. The fraction of sp³-hybridized carbons (Fsp3) is 0.240. The lowest BCUT2D eigenvalue weighted by molar-refractivity contribution is 0.0534. The van der Waals surface area contributed by atoms with Gasteiger partial charge in [-0.2, -0.15) is 0 Å². The third-order valence-electron chi connectivity index (χ3n) is 6.62. The third kappa shape index (κ3) is 3.42. The van der Waals surface area contributed by atoms with E-state index in [0.29, 0.717) is 29.7 Å². The fourth-order valence-corrected chi connectivity index (χ4v) is 6.18. The number of carboxylic acid groups (broad SMARTS) is 1. The van der Waals surface area contributed by atoms with Crippen molar-refractivity contribution in [3.8, 4) is 0 Å². The van der Waals surface area contributed by atoms with Gasteiger partial charge in [0.2, 0.25) is 0 Å². The van der Waals surface area contributed by atoms with Gasteiger partial charge < -0.3 is 10.8 Å². The number of carbonyl (C=O) groups excluding carboxylic acids is 2. The van der Waals surface area contributed by atoms with Crippen molar-refractivity contribution in [2.45, 2.75) is 25.4 Å². The summed E-state index contributed by atoms with van der Waals surface area (Å²) < 4.78 is 0. The number of nitrogens with two attached hydrogens (primary N) is 1. The first-order valence-electron chi connectivity index (χ1n) is 10.8. The molecule has 3 N–H and O–H groups in total. The van der Waals surface area contributed by atoms with Crippen LogP contribution >= 0.6 is 11.3 Å². The Labute approximate surface area is 195 Å². The average molecular weight is 462 g/mol. The molecule has 2 amide bonds. The van der Waals surface area contributed by atoms with Crippen molar-refractivity contribution in [1.29, 1.82) is 0 Å². The van der Waals surface area contributed by atoms with Gasteiger partial charge in [0.15, 0.2) is 0 Å². The lowest BCUT2D eigenvalue weighted by atomic mass is 9.94. The lowest BCUT2D eigenvalue weighted by Crippen LogP contribution is -2.44. The highest BCUT2D eigenvalue weighted by atomic mass is 32.1. The molecule has 0 aliphatic carbocycles. The number of nitrogens with zero attached hydrogens (tertiary/aromatic N) is 2. The summed E-state index contributed by atoms with van der Waals surface area (Å²) in [7, 11) is 0. The predicted octanol–water partition coefficient (Wildman–Crippen LogP) is 3.99. The van der Waals surface area contributed by atoms with Crippen molar-refractivity contribution in [1.82, 2.24) is 9.80 Å². The number of carboxylic acids is 1. The molecule has 168 valence electrons. The average Bonchev–Trinajstić information content (AvgIpc) is 3.29. The molecule has 1 unspecified atom stereocenters. The first-order chi connectivity index (χ1) is 15.9. The number of amides is 2. The number of thiophene rings is 1. The van der Waals surface area contributed by atoms with Crippen LogP contribution in [-0.4, -0.2) is 45.8 Å². The van der Waals surface area contributed by atoms with E-state index in [9.17, 15) is 19.5 Å². The van der Waals surface area contributed by atoms with Gasteiger partial charge in [0.05, 0.1) is 22.7 Å². The van der Waals surface area contributed by atoms with E-state index in [4.69, 9.17) is 5.73 Å². The third-order valence-corrected chi connectivity index (χ3v) is 7.78. The molecule has 1 aromatic heterocycles. The topological polar surface area (TPSA) is 104 Å². The van der Waals surface area contributed by atoms with Gasteiger partial charge in [-0.3, -0.25) is 19.4 Å². The normalized spacial score (nSPS) is 18.8. The molecule has 2 aliphatic heterocycles. The Balaban J connectivity index is 1.56. The number of nitrogen functional groups attached to an aromatic ring is 1. The number of aromatic carboxylic acids is 1. The SMILES string of the molecule is C[C@@H](c1ccccc1)N1CCc2c(sc(N)c2C(=O)O)C1CN1C(=O)c2ccccc2C1=O. The maximum Gasteiger partial charge on any atom is 0.338 e. The fourth-order valence-electron chi connectivity index (χ4n) is 4.95. The number of benzene rings is 2. The Morgan fingerprint density at radius 2 is 1.70 bits per heavy atom. The second-order valence-corrected chi connectivity index (χ2v) is 9.43. The smallest absolute Gasteiger partial charge is 0.338 e.